The Morgan fingerprint density at radius 3 is 2.75 bits per heavy atom. The fraction of sp³-hybridized carbons (Fsp3) is 0.875. The van der Waals surface area contributed by atoms with Crippen molar-refractivity contribution >= 4 is 5.91 Å². The van der Waals surface area contributed by atoms with Gasteiger partial charge in [-0.3, -0.25) is 9.69 Å². The van der Waals surface area contributed by atoms with E-state index < -0.39 is 0 Å². The van der Waals surface area contributed by atoms with Crippen LogP contribution in [0.25, 0.3) is 0 Å². The molecular weight excluding hydrogens is 154 g/mol. The number of nitrogens with zero attached hydrogens (tertiary/aromatic N) is 3. The third kappa shape index (κ3) is 1.95. The average Bonchev–Trinajstić information content (AvgIpc) is 2.04. The first-order valence-electron chi connectivity index (χ1n) is 4.17. The summed E-state index contributed by atoms with van der Waals surface area (Å²) in [6.07, 6.45) is 0. The minimum atomic E-state index is -0.0336. The zero-order valence-corrected chi connectivity index (χ0v) is 7.95. The summed E-state index contributed by atoms with van der Waals surface area (Å²) in [7, 11) is 5.54. The van der Waals surface area contributed by atoms with E-state index in [0.29, 0.717) is 6.54 Å². The monoisotopic (exact) mass is 170 g/mol. The minimum Gasteiger partial charge on any atom is -0.347 e. The molecule has 1 unspecified atom stereocenters. The van der Waals surface area contributed by atoms with Crippen LogP contribution < -0.4 is 5.32 Å². The van der Waals surface area contributed by atoms with Gasteiger partial charge in [-0.1, -0.05) is 0 Å². The second-order valence-electron chi connectivity index (χ2n) is 3.36. The molecule has 1 heterocycles. The molecule has 1 aliphatic rings. The summed E-state index contributed by atoms with van der Waals surface area (Å²) in [5.41, 5.74) is 0. The van der Waals surface area contributed by atoms with E-state index in [9.17, 15) is 4.79 Å². The van der Waals surface area contributed by atoms with Gasteiger partial charge in [-0.15, -0.1) is 0 Å². The van der Waals surface area contributed by atoms with E-state index in [4.69, 9.17) is 0 Å². The maximum absolute atomic E-state index is 11.5. The lowest BCUT2D eigenvalue weighted by atomic mass is 10.2. The molecule has 1 aliphatic heterocycles. The molecular formula is C8H16N3O. The number of hydrogen-bond acceptors (Lipinski definition) is 2. The van der Waals surface area contributed by atoms with E-state index in [0.717, 1.165) is 13.1 Å². The van der Waals surface area contributed by atoms with E-state index in [1.165, 1.54) is 0 Å². The van der Waals surface area contributed by atoms with Gasteiger partial charge in [0.25, 0.3) is 0 Å². The minimum absolute atomic E-state index is 0.0336. The Balaban J connectivity index is 2.53. The molecule has 1 amide bonds. The van der Waals surface area contributed by atoms with Crippen LogP contribution in [0, 0.1) is 0 Å². The summed E-state index contributed by atoms with van der Waals surface area (Å²) in [5, 5.41) is 4.22. The standard InChI is InChI=1S/C8H16N3O/c1-10(2)8(12)7-6-9-4-5-11(7)3/h7H,4-6H2,1-3H3. The summed E-state index contributed by atoms with van der Waals surface area (Å²) in [6.45, 7) is 2.39. The van der Waals surface area contributed by atoms with Crippen molar-refractivity contribution < 1.29 is 4.79 Å². The van der Waals surface area contributed by atoms with Crippen LogP contribution in [0.3, 0.4) is 0 Å². The first kappa shape index (κ1) is 9.48. The van der Waals surface area contributed by atoms with Crippen LogP contribution in [-0.2, 0) is 4.79 Å². The zero-order chi connectivity index (χ0) is 9.14. The molecule has 4 heteroatoms. The molecule has 4 nitrogen and oxygen atoms in total. The molecule has 69 valence electrons. The molecule has 1 saturated heterocycles. The van der Waals surface area contributed by atoms with Crippen molar-refractivity contribution in [2.24, 2.45) is 0 Å². The maximum Gasteiger partial charge on any atom is 0.240 e. The summed E-state index contributed by atoms with van der Waals surface area (Å²) in [6, 6.07) is -0.0336. The van der Waals surface area contributed by atoms with Crippen molar-refractivity contribution in [3.63, 3.8) is 0 Å². The normalized spacial score (nSPS) is 25.4. The quantitative estimate of drug-likeness (QED) is 0.506. The van der Waals surface area contributed by atoms with Crippen molar-refractivity contribution in [2.45, 2.75) is 6.04 Å². The number of piperazine rings is 1. The lowest BCUT2D eigenvalue weighted by Gasteiger charge is -2.32. The third-order valence-corrected chi connectivity index (χ3v) is 2.17. The number of likely N-dealkylation sites (N-methyl/N-ethyl adjacent to an activating group) is 2. The van der Waals surface area contributed by atoms with Crippen LogP contribution in [0.5, 0.6) is 0 Å². The number of amides is 1. The van der Waals surface area contributed by atoms with Gasteiger partial charge in [-0.2, -0.15) is 0 Å². The van der Waals surface area contributed by atoms with Gasteiger partial charge in [0.05, 0.1) is 0 Å². The molecule has 0 aliphatic carbocycles. The summed E-state index contributed by atoms with van der Waals surface area (Å²) in [4.78, 5) is 15.2. The second-order valence-corrected chi connectivity index (χ2v) is 3.36. The van der Waals surface area contributed by atoms with Gasteiger partial charge >= 0.3 is 0 Å². The summed E-state index contributed by atoms with van der Waals surface area (Å²) in [5.74, 6) is 0.154. The average molecular weight is 170 g/mol. The Morgan fingerprint density at radius 2 is 2.25 bits per heavy atom. The Hall–Kier alpha value is -0.610. The lowest BCUT2D eigenvalue weighted by Crippen LogP contribution is -2.53. The Labute approximate surface area is 73.5 Å². The van der Waals surface area contributed by atoms with Crippen molar-refractivity contribution in [3.8, 4) is 0 Å². The van der Waals surface area contributed by atoms with E-state index >= 15 is 0 Å². The lowest BCUT2D eigenvalue weighted by molar-refractivity contribution is -0.134. The van der Waals surface area contributed by atoms with E-state index in [1.807, 2.05) is 7.05 Å². The highest BCUT2D eigenvalue weighted by Crippen LogP contribution is 2.02. The summed E-state index contributed by atoms with van der Waals surface area (Å²) >= 11 is 0. The number of rotatable bonds is 1. The second kappa shape index (κ2) is 3.87. The van der Waals surface area contributed by atoms with Crippen molar-refractivity contribution in [1.29, 1.82) is 0 Å². The third-order valence-electron chi connectivity index (χ3n) is 2.17. The highest BCUT2D eigenvalue weighted by Gasteiger charge is 2.27. The predicted molar refractivity (Wildman–Crippen MR) is 47.0 cm³/mol. The van der Waals surface area contributed by atoms with Gasteiger partial charge in [-0.05, 0) is 7.05 Å². The first-order valence-corrected chi connectivity index (χ1v) is 4.17. The van der Waals surface area contributed by atoms with Crippen LogP contribution in [0.15, 0.2) is 0 Å². The molecule has 0 aromatic rings. The van der Waals surface area contributed by atoms with Gasteiger partial charge in [0.15, 0.2) is 0 Å². The van der Waals surface area contributed by atoms with Crippen LogP contribution in [-0.4, -0.2) is 62.5 Å². The van der Waals surface area contributed by atoms with Gasteiger partial charge in [0, 0.05) is 33.7 Å². The molecule has 1 atom stereocenters. The zero-order valence-electron chi connectivity index (χ0n) is 7.95. The van der Waals surface area contributed by atoms with E-state index in [2.05, 4.69) is 10.2 Å². The molecule has 12 heavy (non-hydrogen) atoms. The van der Waals surface area contributed by atoms with Crippen LogP contribution in [0.1, 0.15) is 0 Å². The predicted octanol–water partition coefficient (Wildman–Crippen LogP) is -1.01. The number of carbonyl (C=O) groups excluding carboxylic acids is 1. The van der Waals surface area contributed by atoms with Crippen LogP contribution >= 0.6 is 0 Å². The number of hydrogen-bond donors (Lipinski definition) is 0. The van der Waals surface area contributed by atoms with Gasteiger partial charge in [-0.25, -0.2) is 5.32 Å². The fourth-order valence-corrected chi connectivity index (χ4v) is 1.30. The highest BCUT2D eigenvalue weighted by atomic mass is 16.2. The first-order chi connectivity index (χ1) is 5.63. The SMILES string of the molecule is CN(C)C(=O)C1C[N]CCN1C. The van der Waals surface area contributed by atoms with Crippen LogP contribution in [0.4, 0.5) is 0 Å². The largest absolute Gasteiger partial charge is 0.347 e. The topological polar surface area (TPSA) is 37.7 Å². The molecule has 0 N–H and O–H groups in total. The fourth-order valence-electron chi connectivity index (χ4n) is 1.30. The van der Waals surface area contributed by atoms with E-state index in [1.54, 1.807) is 19.0 Å². The molecule has 1 fully saturated rings. The highest BCUT2D eigenvalue weighted by molar-refractivity contribution is 5.81. The molecule has 0 aromatic carbocycles. The van der Waals surface area contributed by atoms with Crippen LogP contribution in [0.2, 0.25) is 0 Å². The van der Waals surface area contributed by atoms with Crippen molar-refractivity contribution in [3.05, 3.63) is 0 Å². The molecule has 0 saturated carbocycles. The molecule has 1 radical (unpaired) electrons. The van der Waals surface area contributed by atoms with Gasteiger partial charge in [0.1, 0.15) is 6.04 Å². The van der Waals surface area contributed by atoms with E-state index in [-0.39, 0.29) is 11.9 Å². The summed E-state index contributed by atoms with van der Waals surface area (Å²) < 4.78 is 0. The Morgan fingerprint density at radius 1 is 1.58 bits per heavy atom. The van der Waals surface area contributed by atoms with Crippen molar-refractivity contribution in [1.82, 2.24) is 15.1 Å². The smallest absolute Gasteiger partial charge is 0.240 e. The molecule has 0 bridgehead atoms. The van der Waals surface area contributed by atoms with Crippen molar-refractivity contribution in [2.75, 3.05) is 40.8 Å². The molecule has 1 rings (SSSR count). The molecule has 0 aromatic heterocycles. The maximum atomic E-state index is 11.5. The van der Waals surface area contributed by atoms with Gasteiger partial charge < -0.3 is 4.90 Å². The number of carbonyl (C=O) groups is 1. The molecule has 0 spiro atoms. The van der Waals surface area contributed by atoms with Gasteiger partial charge in [0.2, 0.25) is 5.91 Å². The Bertz CT molecular complexity index is 170. The Kier molecular flexibility index (Phi) is 3.05.